The zero-order valence-corrected chi connectivity index (χ0v) is 19.8. The van der Waals surface area contributed by atoms with Crippen LogP contribution >= 0.6 is 0 Å². The highest BCUT2D eigenvalue weighted by Gasteiger charge is 2.51. The minimum atomic E-state index is -5.08. The first kappa shape index (κ1) is 27.2. The molecule has 0 unspecified atom stereocenters. The fourth-order valence-corrected chi connectivity index (χ4v) is 4.09. The molecule has 0 atom stereocenters. The molecule has 2 aromatic carbocycles. The number of halogens is 3. The summed E-state index contributed by atoms with van der Waals surface area (Å²) in [5, 5.41) is 10.1. The lowest BCUT2D eigenvalue weighted by molar-refractivity contribution is -0.192. The molecule has 11 heteroatoms. The molecule has 0 saturated heterocycles. The van der Waals surface area contributed by atoms with Gasteiger partial charge in [-0.2, -0.15) is 13.2 Å². The Hall–Kier alpha value is -3.08. The van der Waals surface area contributed by atoms with Gasteiger partial charge >= 0.3 is 12.1 Å². The highest BCUT2D eigenvalue weighted by molar-refractivity contribution is 7.92. The van der Waals surface area contributed by atoms with Gasteiger partial charge in [0.25, 0.3) is 10.0 Å². The van der Waals surface area contributed by atoms with Gasteiger partial charge < -0.3 is 10.4 Å². The summed E-state index contributed by atoms with van der Waals surface area (Å²) in [6.45, 7) is 6.70. The van der Waals surface area contributed by atoms with Crippen LogP contribution in [-0.4, -0.2) is 38.1 Å². The van der Waals surface area contributed by atoms with E-state index >= 15 is 0 Å². The molecule has 3 rings (SSSR count). The summed E-state index contributed by atoms with van der Waals surface area (Å²) in [5.74, 6) is -2.29. The van der Waals surface area contributed by atoms with Crippen LogP contribution in [0.2, 0.25) is 0 Å². The van der Waals surface area contributed by atoms with E-state index in [0.717, 1.165) is 24.0 Å². The molecule has 0 aromatic heterocycles. The number of aliphatic carboxylic acids is 1. The smallest absolute Gasteiger partial charge is 0.475 e. The molecule has 0 radical (unpaired) electrons. The van der Waals surface area contributed by atoms with Gasteiger partial charge in [-0.15, -0.1) is 0 Å². The fourth-order valence-electron chi connectivity index (χ4n) is 3.03. The summed E-state index contributed by atoms with van der Waals surface area (Å²) in [6, 6.07) is 13.8. The molecule has 2 aromatic rings. The minimum Gasteiger partial charge on any atom is -0.475 e. The molecule has 3 N–H and O–H groups in total. The highest BCUT2D eigenvalue weighted by atomic mass is 32.2. The molecular weight excluding hydrogens is 473 g/mol. The first-order chi connectivity index (χ1) is 15.7. The third kappa shape index (κ3) is 7.21. The van der Waals surface area contributed by atoms with Gasteiger partial charge in [-0.3, -0.25) is 9.52 Å². The summed E-state index contributed by atoms with van der Waals surface area (Å²) < 4.78 is 59.3. The molecule has 0 aliphatic heterocycles. The number of carboxylic acid groups (broad SMARTS) is 1. The monoisotopic (exact) mass is 500 g/mol. The number of carbonyl (C=O) groups excluding carboxylic acids is 1. The van der Waals surface area contributed by atoms with Crippen molar-refractivity contribution in [1.82, 2.24) is 5.32 Å². The van der Waals surface area contributed by atoms with Crippen LogP contribution in [0.3, 0.4) is 0 Å². The van der Waals surface area contributed by atoms with E-state index in [1.54, 1.807) is 36.4 Å². The van der Waals surface area contributed by atoms with Crippen molar-refractivity contribution < 1.29 is 36.3 Å². The number of benzene rings is 2. The van der Waals surface area contributed by atoms with Crippen molar-refractivity contribution in [2.75, 3.05) is 11.3 Å². The van der Waals surface area contributed by atoms with Crippen molar-refractivity contribution in [3.05, 3.63) is 59.7 Å². The standard InChI is InChI=1S/C21H26N2O3S.C2HF3O2/c1-15(2)14-22-20(24)21(12-13-21)17-6-8-18(9-7-17)23-27(25,26)19-10-4-16(3)5-11-19;3-2(4,5)1(6)7/h4-11,15,23H,12-14H2,1-3H3,(H,22,24);(H,6,7). The van der Waals surface area contributed by atoms with E-state index in [1.807, 2.05) is 19.1 Å². The van der Waals surface area contributed by atoms with Gasteiger partial charge in [0.05, 0.1) is 10.3 Å². The molecule has 1 aliphatic carbocycles. The summed E-state index contributed by atoms with van der Waals surface area (Å²) in [5.41, 5.74) is 1.96. The number of carboxylic acids is 1. The van der Waals surface area contributed by atoms with Crippen molar-refractivity contribution in [1.29, 1.82) is 0 Å². The van der Waals surface area contributed by atoms with Gasteiger partial charge in [-0.1, -0.05) is 43.7 Å². The number of hydrogen-bond acceptors (Lipinski definition) is 4. The lowest BCUT2D eigenvalue weighted by Crippen LogP contribution is -2.36. The maximum atomic E-state index is 12.5. The fraction of sp³-hybridized carbons (Fsp3) is 0.391. The Morgan fingerprint density at radius 1 is 1.03 bits per heavy atom. The van der Waals surface area contributed by atoms with Crippen LogP contribution in [0.1, 0.15) is 37.8 Å². The van der Waals surface area contributed by atoms with Crippen LogP contribution in [-0.2, 0) is 25.0 Å². The average molecular weight is 501 g/mol. The van der Waals surface area contributed by atoms with E-state index in [0.29, 0.717) is 18.2 Å². The third-order valence-corrected chi connectivity index (χ3v) is 6.52. The number of alkyl halides is 3. The van der Waals surface area contributed by atoms with E-state index in [-0.39, 0.29) is 10.8 Å². The highest BCUT2D eigenvalue weighted by Crippen LogP contribution is 2.48. The predicted molar refractivity (Wildman–Crippen MR) is 121 cm³/mol. The van der Waals surface area contributed by atoms with Crippen LogP contribution in [0.4, 0.5) is 18.9 Å². The molecule has 1 amide bonds. The summed E-state index contributed by atoms with van der Waals surface area (Å²) in [7, 11) is -3.63. The van der Waals surface area contributed by atoms with E-state index < -0.39 is 27.6 Å². The number of amides is 1. The first-order valence-electron chi connectivity index (χ1n) is 10.5. The number of aryl methyl sites for hydroxylation is 1. The second kappa shape index (κ2) is 10.5. The first-order valence-corrected chi connectivity index (χ1v) is 11.9. The Balaban J connectivity index is 0.000000509. The van der Waals surface area contributed by atoms with E-state index in [4.69, 9.17) is 9.90 Å². The van der Waals surface area contributed by atoms with Crippen LogP contribution in [0.5, 0.6) is 0 Å². The number of carbonyl (C=O) groups is 2. The Morgan fingerprint density at radius 2 is 1.53 bits per heavy atom. The molecule has 186 valence electrons. The van der Waals surface area contributed by atoms with Gasteiger partial charge in [0.2, 0.25) is 5.91 Å². The van der Waals surface area contributed by atoms with Gasteiger partial charge in [0.1, 0.15) is 0 Å². The number of sulfonamides is 1. The Kier molecular flexibility index (Phi) is 8.35. The minimum absolute atomic E-state index is 0.0594. The van der Waals surface area contributed by atoms with Gasteiger partial charge in [0, 0.05) is 12.2 Å². The molecule has 0 spiro atoms. The largest absolute Gasteiger partial charge is 0.490 e. The average Bonchev–Trinajstić information content (AvgIpc) is 3.54. The number of anilines is 1. The molecular formula is C23H27F3N2O5S. The van der Waals surface area contributed by atoms with E-state index in [9.17, 15) is 26.4 Å². The summed E-state index contributed by atoms with van der Waals surface area (Å²) in [6.07, 6.45) is -3.43. The van der Waals surface area contributed by atoms with E-state index in [2.05, 4.69) is 23.9 Å². The SMILES string of the molecule is Cc1ccc(S(=O)(=O)Nc2ccc(C3(C(=O)NCC(C)C)CC3)cc2)cc1.O=C(O)C(F)(F)F. The summed E-state index contributed by atoms with van der Waals surface area (Å²) in [4.78, 5) is 21.7. The second-order valence-corrected chi connectivity index (χ2v) is 10.2. The molecule has 1 fully saturated rings. The Morgan fingerprint density at radius 3 is 1.94 bits per heavy atom. The van der Waals surface area contributed by atoms with Gasteiger partial charge in [-0.25, -0.2) is 13.2 Å². The van der Waals surface area contributed by atoms with Crippen molar-refractivity contribution >= 4 is 27.6 Å². The number of rotatable bonds is 7. The predicted octanol–water partition coefficient (Wildman–Crippen LogP) is 4.23. The molecule has 0 bridgehead atoms. The number of nitrogens with one attached hydrogen (secondary N) is 2. The lowest BCUT2D eigenvalue weighted by atomic mass is 9.94. The Bertz CT molecular complexity index is 1110. The third-order valence-electron chi connectivity index (χ3n) is 5.12. The number of hydrogen-bond donors (Lipinski definition) is 3. The van der Waals surface area contributed by atoms with Crippen LogP contribution in [0.15, 0.2) is 53.4 Å². The molecule has 0 heterocycles. The van der Waals surface area contributed by atoms with Crippen molar-refractivity contribution in [2.24, 2.45) is 5.92 Å². The van der Waals surface area contributed by atoms with Crippen molar-refractivity contribution in [3.63, 3.8) is 0 Å². The molecule has 7 nitrogen and oxygen atoms in total. The van der Waals surface area contributed by atoms with Crippen LogP contribution in [0.25, 0.3) is 0 Å². The van der Waals surface area contributed by atoms with Gasteiger partial charge in [-0.05, 0) is 55.5 Å². The molecule has 34 heavy (non-hydrogen) atoms. The molecule has 1 saturated carbocycles. The van der Waals surface area contributed by atoms with Crippen LogP contribution < -0.4 is 10.0 Å². The zero-order chi connectivity index (χ0) is 25.7. The Labute approximate surface area is 196 Å². The maximum Gasteiger partial charge on any atom is 0.490 e. The van der Waals surface area contributed by atoms with Crippen molar-refractivity contribution in [2.45, 2.75) is 50.1 Å². The maximum absolute atomic E-state index is 12.5. The van der Waals surface area contributed by atoms with E-state index in [1.165, 1.54) is 0 Å². The van der Waals surface area contributed by atoms with Crippen LogP contribution in [0, 0.1) is 12.8 Å². The lowest BCUT2D eigenvalue weighted by Gasteiger charge is -2.17. The second-order valence-electron chi connectivity index (χ2n) is 8.48. The summed E-state index contributed by atoms with van der Waals surface area (Å²) >= 11 is 0. The topological polar surface area (TPSA) is 113 Å². The van der Waals surface area contributed by atoms with Crippen molar-refractivity contribution in [3.8, 4) is 0 Å². The zero-order valence-electron chi connectivity index (χ0n) is 18.9. The quantitative estimate of drug-likeness (QED) is 0.527. The van der Waals surface area contributed by atoms with Gasteiger partial charge in [0.15, 0.2) is 0 Å². The normalized spacial score (nSPS) is 14.6. The molecule has 1 aliphatic rings.